The number of hydrogen-bond acceptors (Lipinski definition) is 6. The Hall–Kier alpha value is -2.32. The average Bonchev–Trinajstić information content (AvgIpc) is 3.09. The second kappa shape index (κ2) is 8.58. The molecule has 1 aromatic heterocycles. The van der Waals surface area contributed by atoms with Crippen molar-refractivity contribution in [3.8, 4) is 5.69 Å². The Morgan fingerprint density at radius 3 is 2.52 bits per heavy atom. The summed E-state index contributed by atoms with van der Waals surface area (Å²) in [5, 5.41) is 15.3. The van der Waals surface area contributed by atoms with Gasteiger partial charge in [-0.3, -0.25) is 4.79 Å². The molecule has 0 aliphatic rings. The highest BCUT2D eigenvalue weighted by molar-refractivity contribution is 8.00. The number of benzene rings is 2. The SMILES string of the molecule is CSc1ccccc1NC(=O)C(C)Sc1nnnn1-c1c(C)cccc1C. The number of tetrazole rings is 1. The molecule has 140 valence electrons. The fourth-order valence-electron chi connectivity index (χ4n) is 2.73. The van der Waals surface area contributed by atoms with Crippen molar-refractivity contribution in [3.05, 3.63) is 53.6 Å². The lowest BCUT2D eigenvalue weighted by Crippen LogP contribution is -2.23. The van der Waals surface area contributed by atoms with Gasteiger partial charge in [0.1, 0.15) is 0 Å². The van der Waals surface area contributed by atoms with Gasteiger partial charge in [0, 0.05) is 4.90 Å². The van der Waals surface area contributed by atoms with Crippen molar-refractivity contribution in [1.29, 1.82) is 0 Å². The molecule has 3 rings (SSSR count). The van der Waals surface area contributed by atoms with E-state index in [0.29, 0.717) is 5.16 Å². The van der Waals surface area contributed by atoms with Crippen LogP contribution < -0.4 is 5.32 Å². The van der Waals surface area contributed by atoms with E-state index in [1.54, 1.807) is 16.4 Å². The zero-order valence-electron chi connectivity index (χ0n) is 15.6. The monoisotopic (exact) mass is 399 g/mol. The summed E-state index contributed by atoms with van der Waals surface area (Å²) < 4.78 is 1.70. The van der Waals surface area contributed by atoms with E-state index >= 15 is 0 Å². The van der Waals surface area contributed by atoms with E-state index in [4.69, 9.17) is 0 Å². The smallest absolute Gasteiger partial charge is 0.237 e. The molecule has 0 fully saturated rings. The van der Waals surface area contributed by atoms with Crippen molar-refractivity contribution in [3.63, 3.8) is 0 Å². The topological polar surface area (TPSA) is 72.7 Å². The van der Waals surface area contributed by atoms with Gasteiger partial charge >= 0.3 is 0 Å². The van der Waals surface area contributed by atoms with Gasteiger partial charge in [0.15, 0.2) is 0 Å². The number of nitrogens with zero attached hydrogens (tertiary/aromatic N) is 4. The predicted octanol–water partition coefficient (Wildman–Crippen LogP) is 4.12. The summed E-state index contributed by atoms with van der Waals surface area (Å²) >= 11 is 2.94. The van der Waals surface area contributed by atoms with Gasteiger partial charge < -0.3 is 5.32 Å². The maximum atomic E-state index is 12.7. The normalized spacial score (nSPS) is 12.0. The number of carbonyl (C=O) groups excluding carboxylic acids is 1. The molecule has 0 aliphatic carbocycles. The maximum Gasteiger partial charge on any atom is 0.237 e. The number of rotatable bonds is 6. The lowest BCUT2D eigenvalue weighted by Gasteiger charge is -2.15. The molecule has 1 atom stereocenters. The van der Waals surface area contributed by atoms with Gasteiger partial charge in [0.05, 0.1) is 16.6 Å². The molecule has 0 bridgehead atoms. The molecule has 6 nitrogen and oxygen atoms in total. The second-order valence-electron chi connectivity index (χ2n) is 6.06. The summed E-state index contributed by atoms with van der Waals surface area (Å²) in [6, 6.07) is 13.8. The summed E-state index contributed by atoms with van der Waals surface area (Å²) in [7, 11) is 0. The van der Waals surface area contributed by atoms with Crippen LogP contribution in [0, 0.1) is 13.8 Å². The zero-order chi connectivity index (χ0) is 19.4. The highest BCUT2D eigenvalue weighted by Gasteiger charge is 2.21. The molecule has 1 N–H and O–H groups in total. The average molecular weight is 400 g/mol. The van der Waals surface area contributed by atoms with E-state index < -0.39 is 0 Å². The van der Waals surface area contributed by atoms with Gasteiger partial charge in [-0.25, -0.2) is 0 Å². The van der Waals surface area contributed by atoms with E-state index in [1.165, 1.54) is 11.8 Å². The van der Waals surface area contributed by atoms with Crippen LogP contribution in [-0.4, -0.2) is 37.6 Å². The van der Waals surface area contributed by atoms with Crippen LogP contribution >= 0.6 is 23.5 Å². The number of anilines is 1. The fourth-order valence-corrected chi connectivity index (χ4v) is 4.07. The Balaban J connectivity index is 1.78. The Labute approximate surface area is 167 Å². The first-order valence-corrected chi connectivity index (χ1v) is 10.6. The number of aromatic nitrogens is 4. The number of aryl methyl sites for hydroxylation is 2. The molecule has 0 radical (unpaired) electrons. The molecule has 2 aromatic carbocycles. The highest BCUT2D eigenvalue weighted by Crippen LogP contribution is 2.28. The largest absolute Gasteiger partial charge is 0.324 e. The van der Waals surface area contributed by atoms with Crippen LogP contribution in [0.5, 0.6) is 0 Å². The molecule has 1 unspecified atom stereocenters. The minimum absolute atomic E-state index is 0.0856. The third-order valence-electron chi connectivity index (χ3n) is 4.11. The third kappa shape index (κ3) is 4.33. The van der Waals surface area contributed by atoms with Crippen molar-refractivity contribution in [2.24, 2.45) is 0 Å². The molecule has 0 saturated carbocycles. The lowest BCUT2D eigenvalue weighted by molar-refractivity contribution is -0.115. The number of carbonyl (C=O) groups is 1. The Kier molecular flexibility index (Phi) is 6.18. The molecule has 0 saturated heterocycles. The van der Waals surface area contributed by atoms with Crippen LogP contribution in [0.25, 0.3) is 5.69 Å². The number of thioether (sulfide) groups is 2. The summed E-state index contributed by atoms with van der Waals surface area (Å²) in [5.74, 6) is -0.0856. The summed E-state index contributed by atoms with van der Waals surface area (Å²) in [4.78, 5) is 13.7. The van der Waals surface area contributed by atoms with Crippen LogP contribution in [-0.2, 0) is 4.79 Å². The molecule has 1 heterocycles. The minimum Gasteiger partial charge on any atom is -0.324 e. The molecule has 3 aromatic rings. The van der Waals surface area contributed by atoms with Crippen LogP contribution in [0.15, 0.2) is 52.5 Å². The van der Waals surface area contributed by atoms with Gasteiger partial charge in [0.2, 0.25) is 11.1 Å². The van der Waals surface area contributed by atoms with E-state index in [1.807, 2.05) is 69.5 Å². The lowest BCUT2D eigenvalue weighted by atomic mass is 10.1. The first-order chi connectivity index (χ1) is 13.0. The summed E-state index contributed by atoms with van der Waals surface area (Å²) in [5.41, 5.74) is 3.92. The molecular formula is C19H21N5OS2. The van der Waals surface area contributed by atoms with Gasteiger partial charge in [-0.15, -0.1) is 16.9 Å². The number of amides is 1. The van der Waals surface area contributed by atoms with E-state index in [0.717, 1.165) is 27.4 Å². The van der Waals surface area contributed by atoms with Crippen LogP contribution in [0.2, 0.25) is 0 Å². The van der Waals surface area contributed by atoms with Crippen LogP contribution in [0.4, 0.5) is 5.69 Å². The predicted molar refractivity (Wildman–Crippen MR) is 111 cm³/mol. The molecule has 0 spiro atoms. The standard InChI is InChI=1S/C19H21N5OS2/c1-12-8-7-9-13(2)17(12)24-19(21-22-23-24)27-14(3)18(25)20-15-10-5-6-11-16(15)26-4/h5-11,14H,1-4H3,(H,20,25). The van der Waals surface area contributed by atoms with E-state index in [-0.39, 0.29) is 11.2 Å². The van der Waals surface area contributed by atoms with Crippen molar-refractivity contribution in [2.75, 3.05) is 11.6 Å². The van der Waals surface area contributed by atoms with Gasteiger partial charge in [0.25, 0.3) is 0 Å². The first kappa shape index (κ1) is 19.4. The molecule has 8 heteroatoms. The number of para-hydroxylation sites is 2. The quantitative estimate of drug-likeness (QED) is 0.629. The van der Waals surface area contributed by atoms with Crippen molar-refractivity contribution in [2.45, 2.75) is 36.1 Å². The number of hydrogen-bond donors (Lipinski definition) is 1. The number of nitrogens with one attached hydrogen (secondary N) is 1. The second-order valence-corrected chi connectivity index (χ2v) is 8.22. The summed E-state index contributed by atoms with van der Waals surface area (Å²) in [6.07, 6.45) is 1.99. The van der Waals surface area contributed by atoms with Gasteiger partial charge in [-0.05, 0) is 60.7 Å². The highest BCUT2D eigenvalue weighted by atomic mass is 32.2. The van der Waals surface area contributed by atoms with Crippen molar-refractivity contribution < 1.29 is 4.79 Å². The third-order valence-corrected chi connectivity index (χ3v) is 5.94. The van der Waals surface area contributed by atoms with Gasteiger partial charge in [-0.1, -0.05) is 42.1 Å². The zero-order valence-corrected chi connectivity index (χ0v) is 17.3. The molecule has 0 aliphatic heterocycles. The summed E-state index contributed by atoms with van der Waals surface area (Å²) in [6.45, 7) is 5.90. The maximum absolute atomic E-state index is 12.7. The molecule has 1 amide bonds. The Bertz CT molecular complexity index is 937. The molecule has 27 heavy (non-hydrogen) atoms. The Morgan fingerprint density at radius 1 is 1.11 bits per heavy atom. The van der Waals surface area contributed by atoms with Crippen molar-refractivity contribution >= 4 is 35.1 Å². The fraction of sp³-hybridized carbons (Fsp3) is 0.263. The van der Waals surface area contributed by atoms with E-state index in [9.17, 15) is 4.79 Å². The van der Waals surface area contributed by atoms with Gasteiger partial charge in [-0.2, -0.15) is 4.68 Å². The van der Waals surface area contributed by atoms with Crippen molar-refractivity contribution in [1.82, 2.24) is 20.2 Å². The Morgan fingerprint density at radius 2 is 1.81 bits per heavy atom. The van der Waals surface area contributed by atoms with Crippen LogP contribution in [0.3, 0.4) is 0 Å². The molecular weight excluding hydrogens is 378 g/mol. The van der Waals surface area contributed by atoms with E-state index in [2.05, 4.69) is 20.8 Å². The minimum atomic E-state index is -0.353. The van der Waals surface area contributed by atoms with Crippen LogP contribution in [0.1, 0.15) is 18.1 Å². The first-order valence-electron chi connectivity index (χ1n) is 8.46.